The average molecular weight is 457 g/mol. The Hall–Kier alpha value is -3.12. The van der Waals surface area contributed by atoms with Gasteiger partial charge in [0, 0.05) is 40.2 Å². The number of nitrogens with zero attached hydrogens (tertiary/aromatic N) is 4. The summed E-state index contributed by atoms with van der Waals surface area (Å²) in [6, 6.07) is 16.3. The first-order chi connectivity index (χ1) is 15.9. The molecule has 0 radical (unpaired) electrons. The molecule has 0 saturated heterocycles. The molecule has 6 heteroatoms. The average Bonchev–Trinajstić information content (AvgIpc) is 3.32. The Morgan fingerprint density at radius 2 is 1.76 bits per heavy atom. The zero-order valence-electron chi connectivity index (χ0n) is 19.5. The highest BCUT2D eigenvalue weighted by Crippen LogP contribution is 2.46. The first-order valence-corrected chi connectivity index (χ1v) is 12.4. The van der Waals surface area contributed by atoms with Crippen LogP contribution in [0.3, 0.4) is 0 Å². The maximum atomic E-state index is 13.2. The molecule has 5 rings (SSSR count). The van der Waals surface area contributed by atoms with E-state index in [0.717, 1.165) is 29.2 Å². The van der Waals surface area contributed by atoms with Crippen LogP contribution >= 0.6 is 11.8 Å². The number of anilines is 1. The van der Waals surface area contributed by atoms with Crippen molar-refractivity contribution in [3.05, 3.63) is 81.4 Å². The van der Waals surface area contributed by atoms with Gasteiger partial charge in [0.2, 0.25) is 5.16 Å². The Bertz CT molecular complexity index is 1500. The maximum Gasteiger partial charge on any atom is 0.280 e. The lowest BCUT2D eigenvalue weighted by atomic mass is 9.84. The number of fused-ring (bicyclic) bond motifs is 3. The predicted octanol–water partition coefficient (Wildman–Crippen LogP) is 4.95. The van der Waals surface area contributed by atoms with E-state index in [1.54, 1.807) is 11.8 Å². The summed E-state index contributed by atoms with van der Waals surface area (Å²) in [5, 5.41) is 7.70. The number of pyridine rings is 1. The Balaban J connectivity index is 1.73. The number of allylic oxidation sites excluding steroid dienone is 2. The van der Waals surface area contributed by atoms with Crippen molar-refractivity contribution in [2.75, 3.05) is 17.7 Å². The van der Waals surface area contributed by atoms with Crippen LogP contribution in [-0.4, -0.2) is 27.4 Å². The van der Waals surface area contributed by atoms with E-state index in [9.17, 15) is 4.79 Å². The van der Waals surface area contributed by atoms with E-state index in [1.807, 2.05) is 24.3 Å². The largest absolute Gasteiger partial charge is 0.347 e. The van der Waals surface area contributed by atoms with Crippen molar-refractivity contribution in [3.63, 3.8) is 0 Å². The number of hydrogen-bond donors (Lipinski definition) is 0. The van der Waals surface area contributed by atoms with Crippen LogP contribution in [0.1, 0.15) is 39.2 Å². The highest BCUT2D eigenvalue weighted by Gasteiger charge is 2.37. The minimum Gasteiger partial charge on any atom is -0.347 e. The number of unbranched alkanes of at least 4 members (excludes halogenated alkanes) is 1. The molecule has 4 aromatic rings. The van der Waals surface area contributed by atoms with Crippen LogP contribution in [0.25, 0.3) is 22.5 Å². The van der Waals surface area contributed by atoms with Crippen molar-refractivity contribution in [2.24, 2.45) is 0 Å². The van der Waals surface area contributed by atoms with Crippen LogP contribution in [-0.2, 0) is 5.41 Å². The molecule has 0 bridgehead atoms. The van der Waals surface area contributed by atoms with Crippen LogP contribution in [0.5, 0.6) is 0 Å². The summed E-state index contributed by atoms with van der Waals surface area (Å²) >= 11 is 1.61. The molecule has 0 fully saturated rings. The minimum absolute atomic E-state index is 0.119. The maximum absolute atomic E-state index is 13.2. The van der Waals surface area contributed by atoms with E-state index in [2.05, 4.69) is 74.2 Å². The van der Waals surface area contributed by atoms with E-state index in [1.165, 1.54) is 21.5 Å². The second-order valence-corrected chi connectivity index (χ2v) is 10.1. The van der Waals surface area contributed by atoms with E-state index < -0.39 is 0 Å². The van der Waals surface area contributed by atoms with Crippen LogP contribution in [0.15, 0.2) is 70.3 Å². The molecular weight excluding hydrogens is 428 g/mol. The van der Waals surface area contributed by atoms with Crippen LogP contribution in [0, 0.1) is 0 Å². The van der Waals surface area contributed by atoms with Gasteiger partial charge >= 0.3 is 0 Å². The Morgan fingerprint density at radius 1 is 1.03 bits per heavy atom. The molecule has 2 aromatic carbocycles. The van der Waals surface area contributed by atoms with Crippen molar-refractivity contribution in [1.82, 2.24) is 14.6 Å². The van der Waals surface area contributed by atoms with Gasteiger partial charge in [0.25, 0.3) is 5.56 Å². The molecule has 168 valence electrons. The third-order valence-electron chi connectivity index (χ3n) is 6.55. The highest BCUT2D eigenvalue weighted by molar-refractivity contribution is 7.99. The molecule has 0 atom stereocenters. The van der Waals surface area contributed by atoms with Crippen molar-refractivity contribution >= 4 is 39.9 Å². The molecule has 0 spiro atoms. The van der Waals surface area contributed by atoms with Crippen molar-refractivity contribution in [2.45, 2.75) is 44.2 Å². The van der Waals surface area contributed by atoms with Gasteiger partial charge in [-0.2, -0.15) is 4.52 Å². The van der Waals surface area contributed by atoms with Crippen LogP contribution < -0.4 is 15.7 Å². The van der Waals surface area contributed by atoms with E-state index in [4.69, 9.17) is 4.98 Å². The van der Waals surface area contributed by atoms with Crippen LogP contribution in [0.2, 0.25) is 0 Å². The SMILES string of the molecule is CCCCSc1nc2c(=CC=C3N(C)c4ccccc4C3(C)C)c3ccccc3c(=O)n2n1. The fraction of sp³-hybridized carbons (Fsp3) is 0.296. The Kier molecular flexibility index (Phi) is 5.49. The quantitative estimate of drug-likeness (QED) is 0.314. The van der Waals surface area contributed by atoms with Gasteiger partial charge in [-0.25, -0.2) is 4.98 Å². The lowest BCUT2D eigenvalue weighted by Crippen LogP contribution is -2.24. The highest BCUT2D eigenvalue weighted by atomic mass is 32.2. The number of para-hydroxylation sites is 1. The topological polar surface area (TPSA) is 50.5 Å². The second-order valence-electron chi connectivity index (χ2n) is 9.02. The molecule has 0 aliphatic carbocycles. The Labute approximate surface area is 197 Å². The zero-order valence-corrected chi connectivity index (χ0v) is 20.3. The van der Waals surface area contributed by atoms with E-state index in [-0.39, 0.29) is 11.0 Å². The molecule has 3 heterocycles. The number of aromatic nitrogens is 3. The molecule has 0 amide bonds. The number of rotatable bonds is 5. The van der Waals surface area contributed by atoms with Gasteiger partial charge < -0.3 is 4.90 Å². The van der Waals surface area contributed by atoms with E-state index >= 15 is 0 Å². The molecule has 2 aromatic heterocycles. The van der Waals surface area contributed by atoms with Gasteiger partial charge in [0.05, 0.1) is 0 Å². The normalized spacial score (nSPS) is 16.9. The summed E-state index contributed by atoms with van der Waals surface area (Å²) in [6.07, 6.45) is 6.49. The van der Waals surface area contributed by atoms with Gasteiger partial charge in [0.15, 0.2) is 5.65 Å². The van der Waals surface area contributed by atoms with Gasteiger partial charge in [-0.05, 0) is 41.7 Å². The van der Waals surface area contributed by atoms with Gasteiger partial charge in [-0.1, -0.05) is 75.4 Å². The summed E-state index contributed by atoms with van der Waals surface area (Å²) in [6.45, 7) is 6.67. The summed E-state index contributed by atoms with van der Waals surface area (Å²) in [7, 11) is 2.11. The number of likely N-dealkylation sites (N-methyl/N-ethyl adjacent to an activating group) is 1. The van der Waals surface area contributed by atoms with Gasteiger partial charge in [-0.15, -0.1) is 5.10 Å². The summed E-state index contributed by atoms with van der Waals surface area (Å²) in [5.74, 6) is 0.946. The summed E-state index contributed by atoms with van der Waals surface area (Å²) in [4.78, 5) is 20.2. The second kappa shape index (κ2) is 8.34. The minimum atomic E-state index is -0.124. The predicted molar refractivity (Wildman–Crippen MR) is 138 cm³/mol. The Morgan fingerprint density at radius 3 is 2.52 bits per heavy atom. The smallest absolute Gasteiger partial charge is 0.280 e. The number of benzene rings is 2. The molecule has 5 nitrogen and oxygen atoms in total. The molecule has 0 N–H and O–H groups in total. The fourth-order valence-corrected chi connectivity index (χ4v) is 5.65. The molecule has 1 aliphatic heterocycles. The molecule has 33 heavy (non-hydrogen) atoms. The van der Waals surface area contributed by atoms with Gasteiger partial charge in [0.1, 0.15) is 0 Å². The number of thioether (sulfide) groups is 1. The van der Waals surface area contributed by atoms with Crippen molar-refractivity contribution in [1.29, 1.82) is 0 Å². The summed E-state index contributed by atoms with van der Waals surface area (Å²) in [5.41, 5.74) is 4.12. The van der Waals surface area contributed by atoms with E-state index in [0.29, 0.717) is 16.2 Å². The lowest BCUT2D eigenvalue weighted by molar-refractivity contribution is 0.641. The third-order valence-corrected chi connectivity index (χ3v) is 7.47. The van der Waals surface area contributed by atoms with Gasteiger partial charge in [-0.3, -0.25) is 4.79 Å². The molecule has 1 aliphatic rings. The molecule has 0 unspecified atom stereocenters. The third kappa shape index (κ3) is 3.53. The first kappa shape index (κ1) is 21.7. The monoisotopic (exact) mass is 456 g/mol. The molecular formula is C27H28N4OS. The standard InChI is InChI=1S/C27H28N4OS/c1-5-6-17-33-26-28-24-19(18-11-7-8-12-20(18)25(32)31(24)29-26)15-16-23-27(2,3)21-13-9-10-14-22(21)30(23)4/h7-16H,5-6,17H2,1-4H3. The van der Waals surface area contributed by atoms with Crippen molar-refractivity contribution < 1.29 is 0 Å². The number of hydrogen-bond acceptors (Lipinski definition) is 5. The zero-order chi connectivity index (χ0) is 23.2. The van der Waals surface area contributed by atoms with Crippen molar-refractivity contribution in [3.8, 4) is 0 Å². The first-order valence-electron chi connectivity index (χ1n) is 11.4. The summed E-state index contributed by atoms with van der Waals surface area (Å²) < 4.78 is 1.47. The fourth-order valence-electron chi connectivity index (χ4n) is 4.75. The lowest BCUT2D eigenvalue weighted by Gasteiger charge is -2.23. The molecule has 0 saturated carbocycles. The van der Waals surface area contributed by atoms with Crippen LogP contribution in [0.4, 0.5) is 5.69 Å².